The summed E-state index contributed by atoms with van der Waals surface area (Å²) in [5, 5.41) is 3.19. The van der Waals surface area contributed by atoms with Gasteiger partial charge in [0.2, 0.25) is 0 Å². The minimum absolute atomic E-state index is 0.433. The third-order valence-corrected chi connectivity index (χ3v) is 21.2. The number of aryl methyl sites for hydroxylation is 4. The molecule has 21 rings (SSSR count). The van der Waals surface area contributed by atoms with Crippen molar-refractivity contribution in [2.45, 2.75) is 27.7 Å². The summed E-state index contributed by atoms with van der Waals surface area (Å²) in [5.74, 6) is 1.75. The standard InChI is InChI=1S/C96H62N20/c1-53-41-65-69(49-61(53)57-29-37-101-85(45-57)81-25-13-21-77(105-81)73-17-5-9-33-97-73)93-109-89(65)113-94-70-50-62(58-30-38-102-86(46-58)82-26-14-22-78(106-82)74-18-6-10-34-98-74)54(2)42-66(70)91(110-94)115-96-72-52-64(60-32-40-104-88(48-60)84-28-16-24-80(108-84)76-20-8-12-36-100-76)56(4)44-68(72)92(112-96)116-95-71-51-63(55(3)43-67(71)90(111-95)114-93)59-31-39-103-87(47-59)83-27-15-23-79(107-83)75-19-7-11-35-99-75/h5-52H,1-4H3,(H2,109,110,111,112,113,114,115,116). The lowest BCUT2D eigenvalue weighted by atomic mass is 9.94. The Kier molecular flexibility index (Phi) is 16.5. The van der Waals surface area contributed by atoms with Crippen LogP contribution in [0.3, 0.4) is 0 Å². The lowest BCUT2D eigenvalue weighted by Crippen LogP contribution is -1.93. The van der Waals surface area contributed by atoms with Crippen molar-refractivity contribution in [3.63, 3.8) is 0 Å². The zero-order valence-electron chi connectivity index (χ0n) is 62.8. The van der Waals surface area contributed by atoms with Crippen molar-refractivity contribution in [1.82, 2.24) is 99.7 Å². The van der Waals surface area contributed by atoms with Gasteiger partial charge in [0, 0.05) is 93.4 Å². The van der Waals surface area contributed by atoms with Gasteiger partial charge in [-0.2, -0.15) is 0 Å². The summed E-state index contributed by atoms with van der Waals surface area (Å²) < 4.78 is 0. The molecule has 15 aromatic heterocycles. The number of benzene rings is 4. The normalized spacial score (nSPS) is 11.6. The molecule has 0 amide bonds. The second-order valence-corrected chi connectivity index (χ2v) is 28.7. The summed E-state index contributed by atoms with van der Waals surface area (Å²) in [4.78, 5) is 99.4. The van der Waals surface area contributed by atoms with E-state index in [0.717, 1.165) is 156 Å². The van der Waals surface area contributed by atoms with Gasteiger partial charge in [0.05, 0.1) is 91.1 Å². The molecule has 17 heterocycles. The smallest absolute Gasteiger partial charge is 0.164 e. The van der Waals surface area contributed by atoms with Gasteiger partial charge in [0.15, 0.2) is 23.3 Å². The summed E-state index contributed by atoms with van der Waals surface area (Å²) in [6.07, 6.45) is 14.4. The van der Waals surface area contributed by atoms with E-state index in [9.17, 15) is 0 Å². The van der Waals surface area contributed by atoms with Gasteiger partial charge in [0.25, 0.3) is 0 Å². The highest BCUT2D eigenvalue weighted by atomic mass is 15.1. The second-order valence-electron chi connectivity index (χ2n) is 28.7. The van der Waals surface area contributed by atoms with E-state index in [4.69, 9.17) is 69.8 Å². The van der Waals surface area contributed by atoms with E-state index in [1.165, 1.54) is 0 Å². The molecule has 8 bridgehead atoms. The molecule has 0 unspecified atom stereocenters. The first-order valence-corrected chi connectivity index (χ1v) is 37.9. The van der Waals surface area contributed by atoms with Gasteiger partial charge in [-0.3, -0.25) is 39.9 Å². The maximum absolute atomic E-state index is 5.66. The van der Waals surface area contributed by atoms with Gasteiger partial charge in [-0.05, 0) is 289 Å². The number of nitrogens with zero attached hydrogens (tertiary/aromatic N) is 18. The number of pyridine rings is 12. The van der Waals surface area contributed by atoms with Crippen LogP contribution < -0.4 is 0 Å². The van der Waals surface area contributed by atoms with Gasteiger partial charge in [-0.15, -0.1) is 0 Å². The number of rotatable bonds is 12. The fourth-order valence-electron chi connectivity index (χ4n) is 15.5. The van der Waals surface area contributed by atoms with E-state index < -0.39 is 0 Å². The monoisotopic (exact) mass is 1490 g/mol. The molecule has 2 aliphatic rings. The van der Waals surface area contributed by atoms with Gasteiger partial charge in [-0.1, -0.05) is 48.5 Å². The highest BCUT2D eigenvalue weighted by molar-refractivity contribution is 6.09. The van der Waals surface area contributed by atoms with Crippen molar-refractivity contribution < 1.29 is 0 Å². The second kappa shape index (κ2) is 28.1. The summed E-state index contributed by atoms with van der Waals surface area (Å²) in [5.41, 5.74) is 28.3. The first-order chi connectivity index (χ1) is 57.0. The van der Waals surface area contributed by atoms with Crippen LogP contribution in [0.4, 0.5) is 0 Å². The zero-order chi connectivity index (χ0) is 77.5. The molecule has 2 aliphatic heterocycles. The SMILES string of the molecule is Cc1cc2c(cc1-c1ccnc(-c3cccc(-c4ccccn4)n3)c1)-c1nc-2nc2[nH]c(nc3nc(nc4[nH]c(n1)c1cc(C)c(-c5ccnc(-c6cccc(-c7ccccn7)n6)c5)cc41)-c1cc(C)c(-c4ccnc(-c5cccc(-c6ccccn6)n5)c4)cc1-3)c1cc(C)c(-c3ccnc(-c4cccc(-c5ccccn5)n4)c3)cc21. The number of aromatic amines is 2. The van der Waals surface area contributed by atoms with Gasteiger partial charge in [0.1, 0.15) is 22.6 Å². The Morgan fingerprint density at radius 3 is 0.681 bits per heavy atom. The molecule has 0 spiro atoms. The molecule has 0 radical (unpaired) electrons. The van der Waals surface area contributed by atoms with Crippen molar-refractivity contribution in [2.75, 3.05) is 0 Å². The number of hydrogen-bond acceptors (Lipinski definition) is 18. The lowest BCUT2D eigenvalue weighted by Gasteiger charge is -2.11. The Hall–Kier alpha value is -16.0. The van der Waals surface area contributed by atoms with Crippen LogP contribution in [0.1, 0.15) is 22.3 Å². The van der Waals surface area contributed by atoms with Crippen LogP contribution in [-0.2, 0) is 0 Å². The average Bonchev–Trinajstić information content (AvgIpc) is 1.59. The number of hydrogen-bond donors (Lipinski definition) is 2. The minimum Gasteiger partial charge on any atom is -0.324 e. The summed E-state index contributed by atoms with van der Waals surface area (Å²) in [7, 11) is 0. The molecular formula is C96H62N20. The van der Waals surface area contributed by atoms with Gasteiger partial charge in [-0.25, -0.2) is 49.8 Å². The Morgan fingerprint density at radius 1 is 0.172 bits per heavy atom. The summed E-state index contributed by atoms with van der Waals surface area (Å²) in [6.45, 7) is 8.46. The van der Waals surface area contributed by atoms with E-state index in [1.54, 1.807) is 24.8 Å². The van der Waals surface area contributed by atoms with E-state index in [0.29, 0.717) is 91.4 Å². The number of aromatic nitrogens is 20. The van der Waals surface area contributed by atoms with E-state index in [1.807, 2.05) is 195 Å². The molecule has 0 aliphatic carbocycles. The van der Waals surface area contributed by atoms with Crippen LogP contribution in [0, 0.1) is 27.7 Å². The fraction of sp³-hybridized carbons (Fsp3) is 0.0417. The first kappa shape index (κ1) is 68.1. The number of nitrogens with one attached hydrogen (secondary N) is 2. The molecule has 0 saturated heterocycles. The maximum Gasteiger partial charge on any atom is 0.164 e. The van der Waals surface area contributed by atoms with Crippen LogP contribution in [0.2, 0.25) is 0 Å². The predicted molar refractivity (Wildman–Crippen MR) is 454 cm³/mol. The van der Waals surface area contributed by atoms with Crippen LogP contribution in [0.25, 0.3) is 225 Å². The average molecular weight is 1500 g/mol. The Balaban J connectivity index is 0.790. The van der Waals surface area contributed by atoms with Crippen molar-refractivity contribution in [3.05, 3.63) is 314 Å². The maximum atomic E-state index is 5.66. The first-order valence-electron chi connectivity index (χ1n) is 37.9. The molecule has 0 atom stereocenters. The molecule has 20 heteroatoms. The van der Waals surface area contributed by atoms with Crippen molar-refractivity contribution in [1.29, 1.82) is 0 Å². The van der Waals surface area contributed by atoms with E-state index in [2.05, 4.69) is 130 Å². The highest BCUT2D eigenvalue weighted by Crippen LogP contribution is 2.45. The van der Waals surface area contributed by atoms with Crippen molar-refractivity contribution >= 4 is 44.1 Å². The lowest BCUT2D eigenvalue weighted by molar-refractivity contribution is 1.19. The van der Waals surface area contributed by atoms with Crippen LogP contribution in [0.15, 0.2) is 292 Å². The van der Waals surface area contributed by atoms with Crippen LogP contribution in [0.5, 0.6) is 0 Å². The topological polar surface area (TPSA) is 264 Å². The fourth-order valence-corrected chi connectivity index (χ4v) is 15.5. The zero-order valence-corrected chi connectivity index (χ0v) is 62.8. The van der Waals surface area contributed by atoms with Crippen LogP contribution in [-0.4, -0.2) is 99.7 Å². The van der Waals surface area contributed by atoms with Crippen molar-refractivity contribution in [2.24, 2.45) is 0 Å². The molecule has 2 N–H and O–H groups in total. The minimum atomic E-state index is 0.433. The molecule has 116 heavy (non-hydrogen) atoms. The molecule has 4 aromatic carbocycles. The predicted octanol–water partition coefficient (Wildman–Crippen LogP) is 20.8. The molecule has 546 valence electrons. The third-order valence-electron chi connectivity index (χ3n) is 21.2. The quantitative estimate of drug-likeness (QED) is 0.115. The third kappa shape index (κ3) is 12.5. The Bertz CT molecular complexity index is 6960. The summed E-state index contributed by atoms with van der Waals surface area (Å²) >= 11 is 0. The number of H-pyrrole nitrogens is 2. The molecular weight excluding hydrogens is 1430 g/mol. The molecule has 0 fully saturated rings. The Labute approximate surface area is 663 Å². The van der Waals surface area contributed by atoms with E-state index >= 15 is 0 Å². The van der Waals surface area contributed by atoms with Crippen LogP contribution >= 0.6 is 0 Å². The number of fused-ring (bicyclic) bond motifs is 20. The molecule has 19 aromatic rings. The molecule has 20 nitrogen and oxygen atoms in total. The largest absolute Gasteiger partial charge is 0.324 e. The Morgan fingerprint density at radius 2 is 0.405 bits per heavy atom. The van der Waals surface area contributed by atoms with Gasteiger partial charge >= 0.3 is 0 Å². The highest BCUT2D eigenvalue weighted by Gasteiger charge is 2.28. The van der Waals surface area contributed by atoms with E-state index in [-0.39, 0.29) is 0 Å². The summed E-state index contributed by atoms with van der Waals surface area (Å²) in [6, 6.07) is 80.7. The molecule has 0 saturated carbocycles. The van der Waals surface area contributed by atoms with Crippen molar-refractivity contribution in [3.8, 4) is 181 Å². The van der Waals surface area contributed by atoms with Gasteiger partial charge < -0.3 is 9.97 Å².